The highest BCUT2D eigenvalue weighted by atomic mass is 16.6. The van der Waals surface area contributed by atoms with Crippen LogP contribution in [-0.2, 0) is 23.9 Å². The molecular weight excluding hydrogens is 596 g/mol. The van der Waals surface area contributed by atoms with Crippen molar-refractivity contribution in [1.82, 2.24) is 0 Å². The maximum atomic E-state index is 12.2. The summed E-state index contributed by atoms with van der Waals surface area (Å²) in [6.45, 7) is 20.4. The van der Waals surface area contributed by atoms with Gasteiger partial charge in [0, 0.05) is 12.2 Å². The van der Waals surface area contributed by atoms with Crippen LogP contribution in [0, 0.1) is 10.8 Å². The summed E-state index contributed by atoms with van der Waals surface area (Å²) in [4.78, 5) is 36.5. The number of esters is 2. The van der Waals surface area contributed by atoms with Gasteiger partial charge in [0.05, 0.1) is 0 Å². The molecule has 0 spiro atoms. The molecule has 0 radical (unpaired) electrons. The Morgan fingerprint density at radius 1 is 0.604 bits per heavy atom. The predicted octanol–water partition coefficient (Wildman–Crippen LogP) is 10.7. The van der Waals surface area contributed by atoms with Gasteiger partial charge in [-0.15, -0.1) is 0 Å². The van der Waals surface area contributed by atoms with Crippen molar-refractivity contribution >= 4 is 17.7 Å². The second-order valence-corrected chi connectivity index (χ2v) is 14.6. The van der Waals surface area contributed by atoms with Crippen LogP contribution in [0.2, 0.25) is 0 Å². The van der Waals surface area contributed by atoms with Gasteiger partial charge in [0.1, 0.15) is 0 Å². The number of ketones is 1. The Labute approximate surface area is 290 Å². The van der Waals surface area contributed by atoms with Gasteiger partial charge in [-0.25, -0.2) is 9.59 Å². The lowest BCUT2D eigenvalue weighted by Gasteiger charge is -2.33. The van der Waals surface area contributed by atoms with Crippen molar-refractivity contribution in [2.45, 2.75) is 108 Å². The quantitative estimate of drug-likeness (QED) is 0.106. The molecule has 0 aromatic carbocycles. The smallest absolute Gasteiger partial charge is 0.331 e. The molecule has 0 amide bonds. The average molecular weight is 655 g/mol. The normalized spacial score (nSPS) is 19.7. The minimum absolute atomic E-state index is 0.199. The molecule has 0 heterocycles. The molecule has 0 saturated heterocycles. The monoisotopic (exact) mass is 654 g/mol. The molecular formula is C43H58O5. The number of allylic oxidation sites excluding steroid dienone is 18. The van der Waals surface area contributed by atoms with E-state index in [1.54, 1.807) is 13.8 Å². The van der Waals surface area contributed by atoms with Crippen molar-refractivity contribution in [1.29, 1.82) is 0 Å². The summed E-state index contributed by atoms with van der Waals surface area (Å²) in [5, 5.41) is 0. The average Bonchev–Trinajstić information content (AvgIpc) is 2.97. The Bertz CT molecular complexity index is 1390. The number of hydrogen-bond donors (Lipinski definition) is 0. The number of rotatable bonds is 14. The lowest BCUT2D eigenvalue weighted by molar-refractivity contribution is -0.148. The van der Waals surface area contributed by atoms with Gasteiger partial charge in [0.25, 0.3) is 0 Å². The molecule has 0 bridgehead atoms. The van der Waals surface area contributed by atoms with E-state index in [-0.39, 0.29) is 10.8 Å². The number of carbonyl (C=O) groups excluding carboxylic acids is 3. The van der Waals surface area contributed by atoms with Crippen LogP contribution < -0.4 is 0 Å². The third-order valence-electron chi connectivity index (χ3n) is 8.99. The number of ether oxygens (including phenoxy) is 2. The van der Waals surface area contributed by atoms with Crippen LogP contribution in [0.5, 0.6) is 0 Å². The van der Waals surface area contributed by atoms with Crippen molar-refractivity contribution in [3.63, 3.8) is 0 Å². The third-order valence-corrected chi connectivity index (χ3v) is 8.99. The molecule has 2 aliphatic carbocycles. The van der Waals surface area contributed by atoms with Crippen LogP contribution >= 0.6 is 0 Å². The topological polar surface area (TPSA) is 69.7 Å². The first-order valence-electron chi connectivity index (χ1n) is 17.2. The summed E-state index contributed by atoms with van der Waals surface area (Å²) in [5.41, 5.74) is 9.74. The predicted molar refractivity (Wildman–Crippen MR) is 199 cm³/mol. The molecule has 0 aromatic heterocycles. The van der Waals surface area contributed by atoms with Crippen molar-refractivity contribution in [3.05, 3.63) is 117 Å². The zero-order valence-corrected chi connectivity index (χ0v) is 31.1. The SMILES string of the molecule is CC(C=C/C=C(/C)C=CC1=C(C)CCCC1(C)C)=CC(=O)OCC(=O)COC(=O)C=C(C)C=C/C=C(/C)C=CC1=C(C)CCCC1(C)C. The zero-order chi connectivity index (χ0) is 35.9. The van der Waals surface area contributed by atoms with E-state index in [1.165, 1.54) is 60.1 Å². The minimum Gasteiger partial charge on any atom is -0.454 e. The molecule has 0 fully saturated rings. The molecule has 2 aliphatic rings. The largest absolute Gasteiger partial charge is 0.454 e. The number of hydrogen-bond acceptors (Lipinski definition) is 5. The maximum Gasteiger partial charge on any atom is 0.331 e. The van der Waals surface area contributed by atoms with Gasteiger partial charge < -0.3 is 9.47 Å². The molecule has 0 atom stereocenters. The van der Waals surface area contributed by atoms with E-state index >= 15 is 0 Å². The summed E-state index contributed by atoms with van der Waals surface area (Å²) in [6.07, 6.45) is 29.9. The minimum atomic E-state index is -0.632. The van der Waals surface area contributed by atoms with E-state index in [1.807, 2.05) is 50.3 Å². The lowest BCUT2D eigenvalue weighted by atomic mass is 9.72. The van der Waals surface area contributed by atoms with E-state index < -0.39 is 30.9 Å². The highest BCUT2D eigenvalue weighted by molar-refractivity contribution is 5.90. The summed E-state index contributed by atoms with van der Waals surface area (Å²) in [6, 6.07) is 0. The van der Waals surface area contributed by atoms with Crippen molar-refractivity contribution < 1.29 is 23.9 Å². The summed E-state index contributed by atoms with van der Waals surface area (Å²) < 4.78 is 10.1. The van der Waals surface area contributed by atoms with E-state index in [0.717, 1.165) is 24.0 Å². The standard InChI is InChI=1S/C43H58O5/c1-31(21-23-38-35(5)19-13-25-42(38,7)8)15-11-17-33(3)27-40(45)47-29-37(44)30-48-41(46)28-34(4)18-12-16-32(2)22-24-39-36(6)20-14-26-43(39,9)10/h11-12,15-18,21-24,27-28H,13-14,19-20,25-26,29-30H2,1-10H3/b17-11?,18-12?,23-21?,24-22?,31-15-,32-16-,33-27?,34-28?. The zero-order valence-electron chi connectivity index (χ0n) is 31.1. The van der Waals surface area contributed by atoms with E-state index in [0.29, 0.717) is 11.1 Å². The lowest BCUT2D eigenvalue weighted by Crippen LogP contribution is -2.19. The van der Waals surface area contributed by atoms with Gasteiger partial charge in [-0.2, -0.15) is 0 Å². The fraction of sp³-hybridized carbons (Fsp3) is 0.465. The first-order chi connectivity index (χ1) is 22.5. The van der Waals surface area contributed by atoms with Gasteiger partial charge in [-0.05, 0) is 113 Å². The van der Waals surface area contributed by atoms with Crippen LogP contribution in [0.25, 0.3) is 0 Å². The maximum absolute atomic E-state index is 12.2. The molecule has 0 saturated carbocycles. The Hall–Kier alpha value is -3.99. The van der Waals surface area contributed by atoms with Crippen LogP contribution in [0.15, 0.2) is 117 Å². The van der Waals surface area contributed by atoms with Crippen molar-refractivity contribution in [2.24, 2.45) is 10.8 Å². The Kier molecular flexibility index (Phi) is 16.0. The molecule has 0 aliphatic heterocycles. The first kappa shape index (κ1) is 40.2. The molecule has 48 heavy (non-hydrogen) atoms. The van der Waals surface area contributed by atoms with Gasteiger partial charge in [0.15, 0.2) is 13.2 Å². The van der Waals surface area contributed by atoms with E-state index in [4.69, 9.17) is 9.47 Å². The second kappa shape index (κ2) is 19.1. The summed E-state index contributed by atoms with van der Waals surface area (Å²) >= 11 is 0. The summed E-state index contributed by atoms with van der Waals surface area (Å²) in [5.74, 6) is -1.77. The first-order valence-corrected chi connectivity index (χ1v) is 17.2. The molecule has 5 heteroatoms. The molecule has 5 nitrogen and oxygen atoms in total. The van der Waals surface area contributed by atoms with Gasteiger partial charge >= 0.3 is 11.9 Å². The fourth-order valence-electron chi connectivity index (χ4n) is 6.16. The highest BCUT2D eigenvalue weighted by Crippen LogP contribution is 2.41. The summed E-state index contributed by atoms with van der Waals surface area (Å²) in [7, 11) is 0. The van der Waals surface area contributed by atoms with E-state index in [9.17, 15) is 14.4 Å². The van der Waals surface area contributed by atoms with Crippen LogP contribution in [0.4, 0.5) is 0 Å². The Morgan fingerprint density at radius 3 is 1.33 bits per heavy atom. The van der Waals surface area contributed by atoms with Gasteiger partial charge in [-0.1, -0.05) is 111 Å². The molecule has 260 valence electrons. The van der Waals surface area contributed by atoms with Crippen molar-refractivity contribution in [3.8, 4) is 0 Å². The molecule has 0 aromatic rings. The van der Waals surface area contributed by atoms with Gasteiger partial charge in [0.2, 0.25) is 5.78 Å². The van der Waals surface area contributed by atoms with Crippen LogP contribution in [0.3, 0.4) is 0 Å². The second-order valence-electron chi connectivity index (χ2n) is 14.6. The Morgan fingerprint density at radius 2 is 0.979 bits per heavy atom. The fourth-order valence-corrected chi connectivity index (χ4v) is 6.16. The van der Waals surface area contributed by atoms with Gasteiger partial charge in [-0.3, -0.25) is 4.79 Å². The number of Topliss-reactive ketones (excluding diaryl/α,β-unsaturated/α-hetero) is 1. The van der Waals surface area contributed by atoms with E-state index in [2.05, 4.69) is 65.8 Å². The van der Waals surface area contributed by atoms with Crippen LogP contribution in [0.1, 0.15) is 108 Å². The molecule has 0 N–H and O–H groups in total. The molecule has 2 rings (SSSR count). The molecule has 0 unspecified atom stereocenters. The van der Waals surface area contributed by atoms with Crippen molar-refractivity contribution in [2.75, 3.05) is 13.2 Å². The highest BCUT2D eigenvalue weighted by Gasteiger charge is 2.27. The Balaban J connectivity index is 1.77. The third kappa shape index (κ3) is 14.4. The van der Waals surface area contributed by atoms with Crippen LogP contribution in [-0.4, -0.2) is 30.9 Å². The number of carbonyl (C=O) groups is 3.